The Bertz CT molecular complexity index is 601. The second kappa shape index (κ2) is 8.11. The standard InChI is InChI=1S/C15H21N3O5/c1-5-8-16-14(19)10(2)23-15(20)12-9-11(18(21)22)6-7-13(12)17(3)4/h6-7,9-10H,5,8H2,1-4H3,(H,16,19)/t10-/m1/s1. The number of amides is 1. The normalized spacial score (nSPS) is 11.5. The van der Waals surface area contributed by atoms with E-state index in [2.05, 4.69) is 5.32 Å². The molecule has 0 spiro atoms. The van der Waals surface area contributed by atoms with E-state index >= 15 is 0 Å². The average molecular weight is 323 g/mol. The van der Waals surface area contributed by atoms with Crippen molar-refractivity contribution in [2.24, 2.45) is 0 Å². The van der Waals surface area contributed by atoms with Crippen LogP contribution in [0.2, 0.25) is 0 Å². The topological polar surface area (TPSA) is 102 Å². The highest BCUT2D eigenvalue weighted by molar-refractivity contribution is 5.98. The third-order valence-corrected chi connectivity index (χ3v) is 3.09. The van der Waals surface area contributed by atoms with E-state index in [-0.39, 0.29) is 11.3 Å². The largest absolute Gasteiger partial charge is 0.449 e. The van der Waals surface area contributed by atoms with Gasteiger partial charge in [0.15, 0.2) is 6.10 Å². The summed E-state index contributed by atoms with van der Waals surface area (Å²) in [7, 11) is 3.41. The van der Waals surface area contributed by atoms with Crippen LogP contribution in [0.25, 0.3) is 0 Å². The number of hydrogen-bond acceptors (Lipinski definition) is 6. The first-order valence-electron chi connectivity index (χ1n) is 7.22. The summed E-state index contributed by atoms with van der Waals surface area (Å²) in [6.07, 6.45) is -0.217. The van der Waals surface area contributed by atoms with E-state index < -0.39 is 22.9 Å². The fourth-order valence-corrected chi connectivity index (χ4v) is 1.86. The van der Waals surface area contributed by atoms with Crippen molar-refractivity contribution in [3.05, 3.63) is 33.9 Å². The lowest BCUT2D eigenvalue weighted by molar-refractivity contribution is -0.384. The van der Waals surface area contributed by atoms with Crippen LogP contribution in [0.5, 0.6) is 0 Å². The Balaban J connectivity index is 2.99. The van der Waals surface area contributed by atoms with Crippen LogP contribution in [0.4, 0.5) is 11.4 Å². The van der Waals surface area contributed by atoms with Crippen LogP contribution in [0.1, 0.15) is 30.6 Å². The Morgan fingerprint density at radius 2 is 2.04 bits per heavy atom. The second-order valence-electron chi connectivity index (χ2n) is 5.19. The van der Waals surface area contributed by atoms with Gasteiger partial charge in [0, 0.05) is 32.8 Å². The molecule has 1 aromatic carbocycles. The van der Waals surface area contributed by atoms with Crippen LogP contribution in [-0.2, 0) is 9.53 Å². The van der Waals surface area contributed by atoms with Crippen LogP contribution in [0.3, 0.4) is 0 Å². The first-order chi connectivity index (χ1) is 10.8. The lowest BCUT2D eigenvalue weighted by Crippen LogP contribution is -2.36. The molecule has 0 aromatic heterocycles. The summed E-state index contributed by atoms with van der Waals surface area (Å²) < 4.78 is 5.12. The summed E-state index contributed by atoms with van der Waals surface area (Å²) in [6, 6.07) is 3.92. The minimum Gasteiger partial charge on any atom is -0.449 e. The second-order valence-corrected chi connectivity index (χ2v) is 5.19. The summed E-state index contributed by atoms with van der Waals surface area (Å²) in [6.45, 7) is 3.85. The molecular formula is C15H21N3O5. The minimum atomic E-state index is -0.983. The first kappa shape index (κ1) is 18.4. The van der Waals surface area contributed by atoms with Crippen molar-refractivity contribution in [2.45, 2.75) is 26.4 Å². The number of benzene rings is 1. The molecule has 0 fully saturated rings. The van der Waals surface area contributed by atoms with E-state index in [0.29, 0.717) is 12.2 Å². The molecule has 0 saturated carbocycles. The SMILES string of the molecule is CCCNC(=O)[C@@H](C)OC(=O)c1cc([N+](=O)[O-])ccc1N(C)C. The molecule has 1 N–H and O–H groups in total. The Labute approximate surface area is 134 Å². The quantitative estimate of drug-likeness (QED) is 0.466. The van der Waals surface area contributed by atoms with Gasteiger partial charge >= 0.3 is 5.97 Å². The fraction of sp³-hybridized carbons (Fsp3) is 0.467. The number of nitro groups is 1. The van der Waals surface area contributed by atoms with Gasteiger partial charge < -0.3 is 15.0 Å². The van der Waals surface area contributed by atoms with E-state index in [1.165, 1.54) is 19.1 Å². The summed E-state index contributed by atoms with van der Waals surface area (Å²) in [5, 5.41) is 13.5. The summed E-state index contributed by atoms with van der Waals surface area (Å²) in [4.78, 5) is 36.0. The molecular weight excluding hydrogens is 302 g/mol. The van der Waals surface area contributed by atoms with Gasteiger partial charge in [-0.3, -0.25) is 14.9 Å². The lowest BCUT2D eigenvalue weighted by Gasteiger charge is -2.18. The molecule has 0 heterocycles. The smallest absolute Gasteiger partial charge is 0.341 e. The molecule has 1 amide bonds. The monoisotopic (exact) mass is 323 g/mol. The van der Waals surface area contributed by atoms with Gasteiger partial charge in [0.1, 0.15) is 0 Å². The van der Waals surface area contributed by atoms with E-state index in [0.717, 1.165) is 12.5 Å². The zero-order chi connectivity index (χ0) is 17.6. The van der Waals surface area contributed by atoms with Crippen molar-refractivity contribution < 1.29 is 19.2 Å². The maximum Gasteiger partial charge on any atom is 0.341 e. The van der Waals surface area contributed by atoms with Crippen LogP contribution in [-0.4, -0.2) is 43.5 Å². The molecule has 126 valence electrons. The number of non-ortho nitro benzene ring substituents is 1. The molecule has 0 aliphatic rings. The van der Waals surface area contributed by atoms with Crippen molar-refractivity contribution in [3.63, 3.8) is 0 Å². The Kier molecular flexibility index (Phi) is 6.49. The molecule has 0 aliphatic heterocycles. The number of nitro benzene ring substituents is 1. The summed E-state index contributed by atoms with van der Waals surface area (Å²) in [5.74, 6) is -1.19. The van der Waals surface area contributed by atoms with Crippen molar-refractivity contribution in [1.82, 2.24) is 5.32 Å². The van der Waals surface area contributed by atoms with Gasteiger partial charge in [0.2, 0.25) is 0 Å². The predicted octanol–water partition coefficient (Wildman–Crippen LogP) is 1.73. The van der Waals surface area contributed by atoms with Crippen molar-refractivity contribution in [3.8, 4) is 0 Å². The Hall–Kier alpha value is -2.64. The van der Waals surface area contributed by atoms with E-state index in [1.54, 1.807) is 19.0 Å². The molecule has 0 aliphatic carbocycles. The summed E-state index contributed by atoms with van der Waals surface area (Å²) in [5.41, 5.74) is 0.298. The number of nitrogens with one attached hydrogen (secondary N) is 1. The van der Waals surface area contributed by atoms with Crippen LogP contribution >= 0.6 is 0 Å². The molecule has 1 aromatic rings. The van der Waals surface area contributed by atoms with Gasteiger partial charge in [-0.15, -0.1) is 0 Å². The third-order valence-electron chi connectivity index (χ3n) is 3.09. The maximum absolute atomic E-state index is 12.3. The van der Waals surface area contributed by atoms with Gasteiger partial charge in [-0.05, 0) is 19.4 Å². The van der Waals surface area contributed by atoms with E-state index in [9.17, 15) is 19.7 Å². The zero-order valence-corrected chi connectivity index (χ0v) is 13.7. The summed E-state index contributed by atoms with van der Waals surface area (Å²) >= 11 is 0. The van der Waals surface area contributed by atoms with Crippen LogP contribution < -0.4 is 10.2 Å². The fourth-order valence-electron chi connectivity index (χ4n) is 1.86. The zero-order valence-electron chi connectivity index (χ0n) is 13.7. The van der Waals surface area contributed by atoms with Crippen molar-refractivity contribution in [1.29, 1.82) is 0 Å². The lowest BCUT2D eigenvalue weighted by atomic mass is 10.1. The number of carbonyl (C=O) groups excluding carboxylic acids is 2. The minimum absolute atomic E-state index is 0.0411. The number of hydrogen-bond donors (Lipinski definition) is 1. The molecule has 0 radical (unpaired) electrons. The number of rotatable bonds is 7. The van der Waals surface area contributed by atoms with Crippen molar-refractivity contribution in [2.75, 3.05) is 25.5 Å². The molecule has 0 saturated heterocycles. The third kappa shape index (κ3) is 4.94. The van der Waals surface area contributed by atoms with Gasteiger partial charge in [-0.2, -0.15) is 0 Å². The van der Waals surface area contributed by atoms with E-state index in [4.69, 9.17) is 4.74 Å². The maximum atomic E-state index is 12.3. The number of carbonyl (C=O) groups is 2. The number of esters is 1. The molecule has 8 nitrogen and oxygen atoms in total. The number of ether oxygens (including phenoxy) is 1. The first-order valence-corrected chi connectivity index (χ1v) is 7.22. The number of nitrogens with zero attached hydrogens (tertiary/aromatic N) is 2. The number of anilines is 1. The van der Waals surface area contributed by atoms with Gasteiger partial charge in [0.25, 0.3) is 11.6 Å². The van der Waals surface area contributed by atoms with Crippen LogP contribution in [0, 0.1) is 10.1 Å². The Morgan fingerprint density at radius 1 is 1.39 bits per heavy atom. The highest BCUT2D eigenvalue weighted by atomic mass is 16.6. The van der Waals surface area contributed by atoms with Gasteiger partial charge in [-0.1, -0.05) is 6.92 Å². The Morgan fingerprint density at radius 3 is 2.57 bits per heavy atom. The van der Waals surface area contributed by atoms with Gasteiger partial charge in [-0.25, -0.2) is 4.79 Å². The molecule has 1 rings (SSSR count). The molecule has 23 heavy (non-hydrogen) atoms. The molecule has 1 atom stereocenters. The molecule has 0 bridgehead atoms. The molecule has 0 unspecified atom stereocenters. The highest BCUT2D eigenvalue weighted by Crippen LogP contribution is 2.25. The van der Waals surface area contributed by atoms with Crippen molar-refractivity contribution >= 4 is 23.3 Å². The van der Waals surface area contributed by atoms with E-state index in [1.807, 2.05) is 6.92 Å². The van der Waals surface area contributed by atoms with Crippen LogP contribution in [0.15, 0.2) is 18.2 Å². The van der Waals surface area contributed by atoms with Gasteiger partial charge in [0.05, 0.1) is 16.2 Å². The average Bonchev–Trinajstić information content (AvgIpc) is 2.51. The highest BCUT2D eigenvalue weighted by Gasteiger charge is 2.23. The molecule has 8 heteroatoms. The predicted molar refractivity (Wildman–Crippen MR) is 85.6 cm³/mol.